The van der Waals surface area contributed by atoms with Gasteiger partial charge < -0.3 is 5.11 Å². The van der Waals surface area contributed by atoms with Gasteiger partial charge in [-0.2, -0.15) is 0 Å². The largest absolute Gasteiger partial charge is 0.508 e. The molecular formula is C15H12O3. The zero-order chi connectivity index (χ0) is 13.0. The van der Waals surface area contributed by atoms with Crippen LogP contribution in [0.2, 0.25) is 0 Å². The van der Waals surface area contributed by atoms with Crippen molar-refractivity contribution in [3.05, 3.63) is 65.7 Å². The van der Waals surface area contributed by atoms with Crippen molar-refractivity contribution < 1.29 is 14.7 Å². The average Bonchev–Trinajstić information content (AvgIpc) is 2.39. The van der Waals surface area contributed by atoms with Gasteiger partial charge in [0.25, 0.3) is 0 Å². The van der Waals surface area contributed by atoms with Crippen LogP contribution in [0.15, 0.2) is 54.6 Å². The van der Waals surface area contributed by atoms with E-state index in [1.54, 1.807) is 36.4 Å². The van der Waals surface area contributed by atoms with Crippen LogP contribution in [0, 0.1) is 0 Å². The molecule has 0 bridgehead atoms. The van der Waals surface area contributed by atoms with Crippen molar-refractivity contribution in [2.75, 3.05) is 0 Å². The van der Waals surface area contributed by atoms with E-state index in [0.29, 0.717) is 11.1 Å². The molecule has 0 aliphatic carbocycles. The summed E-state index contributed by atoms with van der Waals surface area (Å²) >= 11 is 0. The Kier molecular flexibility index (Phi) is 3.53. The summed E-state index contributed by atoms with van der Waals surface area (Å²) in [6, 6.07) is 14.7. The molecule has 2 aromatic rings. The van der Waals surface area contributed by atoms with Crippen LogP contribution in [0.25, 0.3) is 0 Å². The number of aromatic hydroxyl groups is 1. The van der Waals surface area contributed by atoms with E-state index in [4.69, 9.17) is 0 Å². The minimum atomic E-state index is -0.292. The smallest absolute Gasteiger partial charge is 0.170 e. The molecule has 3 nitrogen and oxygen atoms in total. The summed E-state index contributed by atoms with van der Waals surface area (Å²) in [6.45, 7) is 0. The molecule has 0 fully saturated rings. The van der Waals surface area contributed by atoms with Crippen LogP contribution < -0.4 is 0 Å². The fourth-order valence-electron chi connectivity index (χ4n) is 1.65. The molecule has 0 atom stereocenters. The minimum absolute atomic E-state index is 0.0213. The Morgan fingerprint density at radius 3 is 2.11 bits per heavy atom. The van der Waals surface area contributed by atoms with Crippen LogP contribution in [-0.2, 0) is 0 Å². The first-order chi connectivity index (χ1) is 8.66. The molecule has 90 valence electrons. The van der Waals surface area contributed by atoms with Crippen molar-refractivity contribution in [3.63, 3.8) is 0 Å². The lowest BCUT2D eigenvalue weighted by Crippen LogP contribution is -2.08. The first kappa shape index (κ1) is 12.0. The van der Waals surface area contributed by atoms with Crippen LogP contribution >= 0.6 is 0 Å². The van der Waals surface area contributed by atoms with E-state index in [0.717, 1.165) is 0 Å². The molecular weight excluding hydrogens is 228 g/mol. The van der Waals surface area contributed by atoms with Gasteiger partial charge in [0.2, 0.25) is 0 Å². The highest BCUT2D eigenvalue weighted by atomic mass is 16.3. The molecule has 2 aromatic carbocycles. The molecule has 0 amide bonds. The third-order valence-corrected chi connectivity index (χ3v) is 2.59. The second-order valence-corrected chi connectivity index (χ2v) is 3.94. The normalized spacial score (nSPS) is 10.0. The lowest BCUT2D eigenvalue weighted by Gasteiger charge is -2.01. The van der Waals surface area contributed by atoms with Gasteiger partial charge in [0.1, 0.15) is 5.75 Å². The predicted molar refractivity (Wildman–Crippen MR) is 67.8 cm³/mol. The zero-order valence-corrected chi connectivity index (χ0v) is 9.67. The van der Waals surface area contributed by atoms with E-state index in [2.05, 4.69) is 0 Å². The number of carbonyl (C=O) groups excluding carboxylic acids is 2. The Morgan fingerprint density at radius 1 is 0.833 bits per heavy atom. The Hall–Kier alpha value is -2.42. The van der Waals surface area contributed by atoms with Crippen molar-refractivity contribution in [2.45, 2.75) is 6.42 Å². The summed E-state index contributed by atoms with van der Waals surface area (Å²) in [4.78, 5) is 23.7. The highest BCUT2D eigenvalue weighted by Gasteiger charge is 2.13. The van der Waals surface area contributed by atoms with Crippen molar-refractivity contribution in [1.29, 1.82) is 0 Å². The molecule has 2 rings (SSSR count). The Morgan fingerprint density at radius 2 is 1.44 bits per heavy atom. The summed E-state index contributed by atoms with van der Waals surface area (Å²) < 4.78 is 0. The molecule has 18 heavy (non-hydrogen) atoms. The van der Waals surface area contributed by atoms with Crippen LogP contribution in [0.5, 0.6) is 5.75 Å². The molecule has 0 aliphatic rings. The van der Waals surface area contributed by atoms with Crippen molar-refractivity contribution >= 4 is 11.6 Å². The van der Waals surface area contributed by atoms with E-state index in [1.165, 1.54) is 12.1 Å². The quantitative estimate of drug-likeness (QED) is 0.660. The summed E-state index contributed by atoms with van der Waals surface area (Å²) in [5, 5.41) is 9.28. The predicted octanol–water partition coefficient (Wildman–Crippen LogP) is 2.85. The molecule has 0 radical (unpaired) electrons. The Bertz CT molecular complexity index is 573. The molecule has 1 N–H and O–H groups in total. The van der Waals surface area contributed by atoms with Crippen LogP contribution in [0.3, 0.4) is 0 Å². The highest BCUT2D eigenvalue weighted by Crippen LogP contribution is 2.14. The molecule has 0 aromatic heterocycles. The van der Waals surface area contributed by atoms with Gasteiger partial charge in [-0.3, -0.25) is 9.59 Å². The summed E-state index contributed by atoms with van der Waals surface area (Å²) in [6.07, 6.45) is -0.187. The first-order valence-electron chi connectivity index (χ1n) is 5.57. The van der Waals surface area contributed by atoms with Gasteiger partial charge in [0, 0.05) is 11.1 Å². The lowest BCUT2D eigenvalue weighted by atomic mass is 10.0. The molecule has 0 aliphatic heterocycles. The van der Waals surface area contributed by atoms with Crippen LogP contribution in [0.4, 0.5) is 0 Å². The lowest BCUT2D eigenvalue weighted by molar-refractivity contribution is 0.0894. The maximum absolute atomic E-state index is 11.8. The van der Waals surface area contributed by atoms with Gasteiger partial charge in [0.05, 0.1) is 6.42 Å². The molecule has 0 heterocycles. The fourth-order valence-corrected chi connectivity index (χ4v) is 1.65. The number of hydrogen-bond acceptors (Lipinski definition) is 3. The second-order valence-electron chi connectivity index (χ2n) is 3.94. The zero-order valence-electron chi connectivity index (χ0n) is 9.67. The Balaban J connectivity index is 2.11. The maximum atomic E-state index is 11.8. The number of hydrogen-bond donors (Lipinski definition) is 1. The SMILES string of the molecule is O=C(CC(=O)c1cccc(O)c1)c1ccccc1. The third-order valence-electron chi connectivity index (χ3n) is 2.59. The number of ketones is 2. The number of phenols is 1. The summed E-state index contributed by atoms with van der Waals surface area (Å²) in [7, 11) is 0. The Labute approximate surface area is 105 Å². The third kappa shape index (κ3) is 2.83. The molecule has 0 saturated carbocycles. The van der Waals surface area contributed by atoms with Crippen LogP contribution in [0.1, 0.15) is 27.1 Å². The van der Waals surface area contributed by atoms with Gasteiger partial charge in [0.15, 0.2) is 11.6 Å². The number of carbonyl (C=O) groups is 2. The van der Waals surface area contributed by atoms with E-state index >= 15 is 0 Å². The maximum Gasteiger partial charge on any atom is 0.170 e. The molecule has 3 heteroatoms. The van der Waals surface area contributed by atoms with Crippen molar-refractivity contribution in [1.82, 2.24) is 0 Å². The van der Waals surface area contributed by atoms with Gasteiger partial charge in [-0.05, 0) is 12.1 Å². The molecule has 0 spiro atoms. The molecule has 0 saturated heterocycles. The fraction of sp³-hybridized carbons (Fsp3) is 0.0667. The van der Waals surface area contributed by atoms with Crippen LogP contribution in [-0.4, -0.2) is 16.7 Å². The summed E-state index contributed by atoms with van der Waals surface area (Å²) in [5.74, 6) is -0.489. The minimum Gasteiger partial charge on any atom is -0.508 e. The van der Waals surface area contributed by atoms with Crippen molar-refractivity contribution in [2.24, 2.45) is 0 Å². The standard InChI is InChI=1S/C15H12O3/c16-13-8-4-7-12(9-13)15(18)10-14(17)11-5-2-1-3-6-11/h1-9,16H,10H2. The van der Waals surface area contributed by atoms with E-state index < -0.39 is 0 Å². The topological polar surface area (TPSA) is 54.4 Å². The number of Topliss-reactive ketones (excluding diaryl/α,β-unsaturated/α-hetero) is 2. The van der Waals surface area contributed by atoms with Gasteiger partial charge in [-0.25, -0.2) is 0 Å². The average molecular weight is 240 g/mol. The van der Waals surface area contributed by atoms with Crippen molar-refractivity contribution in [3.8, 4) is 5.75 Å². The number of phenolic OH excluding ortho intramolecular Hbond substituents is 1. The van der Waals surface area contributed by atoms with Gasteiger partial charge >= 0.3 is 0 Å². The van der Waals surface area contributed by atoms with Gasteiger partial charge in [-0.1, -0.05) is 42.5 Å². The second kappa shape index (κ2) is 5.27. The summed E-state index contributed by atoms with van der Waals surface area (Å²) in [5.41, 5.74) is 0.866. The number of rotatable bonds is 4. The van der Waals surface area contributed by atoms with E-state index in [1.807, 2.05) is 6.07 Å². The van der Waals surface area contributed by atoms with E-state index in [-0.39, 0.29) is 23.7 Å². The van der Waals surface area contributed by atoms with E-state index in [9.17, 15) is 14.7 Å². The van der Waals surface area contributed by atoms with Gasteiger partial charge in [-0.15, -0.1) is 0 Å². The highest BCUT2D eigenvalue weighted by molar-refractivity contribution is 6.13. The monoisotopic (exact) mass is 240 g/mol. The molecule has 0 unspecified atom stereocenters. The number of benzene rings is 2. The first-order valence-corrected chi connectivity index (χ1v) is 5.57.